The first kappa shape index (κ1) is 30.4. The highest BCUT2D eigenvalue weighted by molar-refractivity contribution is 7.92. The second-order valence-electron chi connectivity index (χ2n) is 11.3. The highest BCUT2D eigenvalue weighted by atomic mass is 32.2. The Morgan fingerprint density at radius 3 is 2.40 bits per heavy atom. The van der Waals surface area contributed by atoms with Gasteiger partial charge in [-0.3, -0.25) is 14.3 Å². The van der Waals surface area contributed by atoms with Crippen LogP contribution >= 0.6 is 0 Å². The molecule has 224 valence electrons. The van der Waals surface area contributed by atoms with E-state index in [4.69, 9.17) is 9.47 Å². The third-order valence-corrected chi connectivity index (χ3v) is 9.18. The first-order valence-corrected chi connectivity index (χ1v) is 16.3. The SMILES string of the molecule is CCN1C(=O)[C@@H](C2(O)CCCCC2)NC(=O)C12CCN(CCCCOc1ccc(NS(C)(=O)=O)cc1OC)CC2. The molecule has 4 rings (SSSR count). The van der Waals surface area contributed by atoms with Gasteiger partial charge in [0.1, 0.15) is 11.6 Å². The highest BCUT2D eigenvalue weighted by Crippen LogP contribution is 2.38. The molecule has 1 aromatic carbocycles. The van der Waals surface area contributed by atoms with Gasteiger partial charge in [0, 0.05) is 25.7 Å². The lowest BCUT2D eigenvalue weighted by Crippen LogP contribution is -2.76. The van der Waals surface area contributed by atoms with E-state index in [2.05, 4.69) is 14.9 Å². The van der Waals surface area contributed by atoms with Gasteiger partial charge in [-0.25, -0.2) is 8.42 Å². The molecule has 3 aliphatic rings. The van der Waals surface area contributed by atoms with Crippen LogP contribution in [0.3, 0.4) is 0 Å². The number of aliphatic hydroxyl groups is 1. The number of nitrogens with one attached hydrogen (secondary N) is 2. The molecule has 0 unspecified atom stereocenters. The lowest BCUT2D eigenvalue weighted by Gasteiger charge is -2.54. The number of piperidine rings is 1. The first-order valence-electron chi connectivity index (χ1n) is 14.4. The zero-order valence-corrected chi connectivity index (χ0v) is 24.7. The van der Waals surface area contributed by atoms with Gasteiger partial charge < -0.3 is 29.7 Å². The predicted octanol–water partition coefficient (Wildman–Crippen LogP) is 2.10. The molecule has 2 amide bonds. The Balaban J connectivity index is 1.25. The largest absolute Gasteiger partial charge is 0.493 e. The number of nitrogens with zero attached hydrogens (tertiary/aromatic N) is 2. The smallest absolute Gasteiger partial charge is 0.249 e. The third-order valence-electron chi connectivity index (χ3n) is 8.58. The number of benzene rings is 1. The average Bonchev–Trinajstić information content (AvgIpc) is 2.92. The van der Waals surface area contributed by atoms with Crippen molar-refractivity contribution in [2.24, 2.45) is 0 Å². The number of amides is 2. The summed E-state index contributed by atoms with van der Waals surface area (Å²) in [6, 6.07) is 4.05. The number of anilines is 1. The zero-order valence-electron chi connectivity index (χ0n) is 23.9. The number of ether oxygens (including phenoxy) is 2. The monoisotopic (exact) mass is 580 g/mol. The van der Waals surface area contributed by atoms with E-state index in [9.17, 15) is 23.1 Å². The lowest BCUT2D eigenvalue weighted by molar-refractivity contribution is -0.170. The second-order valence-corrected chi connectivity index (χ2v) is 13.1. The minimum Gasteiger partial charge on any atom is -0.493 e. The maximum absolute atomic E-state index is 13.5. The van der Waals surface area contributed by atoms with Crippen LogP contribution in [0, 0.1) is 0 Å². The molecule has 1 saturated carbocycles. The fraction of sp³-hybridized carbons (Fsp3) is 0.714. The molecule has 1 aromatic rings. The Morgan fingerprint density at radius 1 is 1.07 bits per heavy atom. The molecule has 3 N–H and O–H groups in total. The van der Waals surface area contributed by atoms with Gasteiger partial charge in [0.2, 0.25) is 21.8 Å². The fourth-order valence-corrected chi connectivity index (χ4v) is 6.97. The molecule has 3 fully saturated rings. The Kier molecular flexibility index (Phi) is 9.51. The van der Waals surface area contributed by atoms with E-state index in [1.807, 2.05) is 6.92 Å². The van der Waals surface area contributed by atoms with Crippen LogP contribution in [-0.2, 0) is 19.6 Å². The van der Waals surface area contributed by atoms with E-state index in [0.29, 0.717) is 56.0 Å². The molecule has 1 aliphatic carbocycles. The van der Waals surface area contributed by atoms with Crippen LogP contribution in [0.1, 0.15) is 64.7 Å². The normalized spacial score (nSPS) is 23.1. The average molecular weight is 581 g/mol. The summed E-state index contributed by atoms with van der Waals surface area (Å²) in [6.07, 6.45) is 7.84. The van der Waals surface area contributed by atoms with E-state index >= 15 is 0 Å². The summed E-state index contributed by atoms with van der Waals surface area (Å²) in [5.41, 5.74) is -1.59. The van der Waals surface area contributed by atoms with Crippen LogP contribution in [0.2, 0.25) is 0 Å². The number of sulfonamides is 1. The van der Waals surface area contributed by atoms with Crippen LogP contribution in [0.4, 0.5) is 5.69 Å². The van der Waals surface area contributed by atoms with Crippen molar-refractivity contribution in [1.82, 2.24) is 15.1 Å². The number of likely N-dealkylation sites (N-methyl/N-ethyl adjacent to an activating group) is 1. The van der Waals surface area contributed by atoms with Crippen molar-refractivity contribution in [1.29, 1.82) is 0 Å². The molecule has 2 heterocycles. The minimum absolute atomic E-state index is 0.127. The summed E-state index contributed by atoms with van der Waals surface area (Å²) in [5, 5.41) is 14.2. The Labute approximate surface area is 237 Å². The summed E-state index contributed by atoms with van der Waals surface area (Å²) in [7, 11) is -1.87. The van der Waals surface area contributed by atoms with Crippen LogP contribution < -0.4 is 19.5 Å². The highest BCUT2D eigenvalue weighted by Gasteiger charge is 2.57. The molecule has 0 aromatic heterocycles. The van der Waals surface area contributed by atoms with Crippen molar-refractivity contribution in [3.63, 3.8) is 0 Å². The summed E-state index contributed by atoms with van der Waals surface area (Å²) in [4.78, 5) is 31.1. The number of carbonyl (C=O) groups excluding carboxylic acids is 2. The van der Waals surface area contributed by atoms with Crippen molar-refractivity contribution >= 4 is 27.5 Å². The molecule has 1 atom stereocenters. The number of hydrogen-bond donors (Lipinski definition) is 3. The van der Waals surface area contributed by atoms with Crippen molar-refractivity contribution < 1.29 is 32.6 Å². The third kappa shape index (κ3) is 6.66. The molecule has 40 heavy (non-hydrogen) atoms. The Bertz CT molecular complexity index is 1160. The van der Waals surface area contributed by atoms with Crippen LogP contribution in [0.25, 0.3) is 0 Å². The Morgan fingerprint density at radius 2 is 1.77 bits per heavy atom. The van der Waals surface area contributed by atoms with E-state index in [0.717, 1.165) is 58.0 Å². The van der Waals surface area contributed by atoms with Gasteiger partial charge >= 0.3 is 0 Å². The fourth-order valence-electron chi connectivity index (χ4n) is 6.42. The van der Waals surface area contributed by atoms with Gasteiger partial charge in [-0.15, -0.1) is 0 Å². The second kappa shape index (κ2) is 12.5. The molecular weight excluding hydrogens is 536 g/mol. The summed E-state index contributed by atoms with van der Waals surface area (Å²) >= 11 is 0. The van der Waals surface area contributed by atoms with Gasteiger partial charge in [0.05, 0.1) is 31.3 Å². The molecule has 2 aliphatic heterocycles. The predicted molar refractivity (Wildman–Crippen MR) is 152 cm³/mol. The summed E-state index contributed by atoms with van der Waals surface area (Å²) in [5.74, 6) is 0.726. The molecule has 0 radical (unpaired) electrons. The van der Waals surface area contributed by atoms with Crippen LogP contribution in [0.5, 0.6) is 11.5 Å². The number of unbranched alkanes of at least 4 members (excludes halogenated alkanes) is 1. The number of methoxy groups -OCH3 is 1. The van der Waals surface area contributed by atoms with Crippen molar-refractivity contribution in [3.8, 4) is 11.5 Å². The molecule has 0 bridgehead atoms. The first-order chi connectivity index (χ1) is 19.0. The van der Waals surface area contributed by atoms with Crippen molar-refractivity contribution in [2.45, 2.75) is 81.9 Å². The van der Waals surface area contributed by atoms with Gasteiger partial charge in [-0.2, -0.15) is 0 Å². The maximum Gasteiger partial charge on any atom is 0.249 e. The molecule has 11 nitrogen and oxygen atoms in total. The van der Waals surface area contributed by atoms with Crippen LogP contribution in [-0.4, -0.2) is 98.5 Å². The Hall–Kier alpha value is -2.57. The number of carbonyl (C=O) groups is 2. The number of piperazine rings is 1. The van der Waals surface area contributed by atoms with Gasteiger partial charge in [-0.1, -0.05) is 19.3 Å². The van der Waals surface area contributed by atoms with Crippen LogP contribution in [0.15, 0.2) is 18.2 Å². The van der Waals surface area contributed by atoms with Gasteiger partial charge in [0.25, 0.3) is 0 Å². The van der Waals surface area contributed by atoms with E-state index < -0.39 is 27.2 Å². The number of likely N-dealkylation sites (tertiary alicyclic amines) is 1. The van der Waals surface area contributed by atoms with Crippen molar-refractivity contribution in [3.05, 3.63) is 18.2 Å². The zero-order chi connectivity index (χ0) is 29.0. The van der Waals surface area contributed by atoms with Gasteiger partial charge in [0.15, 0.2) is 11.5 Å². The van der Waals surface area contributed by atoms with E-state index in [-0.39, 0.29) is 11.8 Å². The molecular formula is C28H44N4O7S. The number of rotatable bonds is 11. The minimum atomic E-state index is -3.38. The van der Waals surface area contributed by atoms with E-state index in [1.54, 1.807) is 23.1 Å². The molecule has 12 heteroatoms. The topological polar surface area (TPSA) is 138 Å². The lowest BCUT2D eigenvalue weighted by atomic mass is 9.74. The number of hydrogen-bond acceptors (Lipinski definition) is 8. The molecule has 1 spiro atoms. The quantitative estimate of drug-likeness (QED) is 0.339. The summed E-state index contributed by atoms with van der Waals surface area (Å²) < 4.78 is 36.6. The molecule has 2 saturated heterocycles. The maximum atomic E-state index is 13.5. The van der Waals surface area contributed by atoms with Crippen molar-refractivity contribution in [2.75, 3.05) is 50.9 Å². The summed E-state index contributed by atoms with van der Waals surface area (Å²) in [6.45, 7) is 5.14. The van der Waals surface area contributed by atoms with Gasteiger partial charge in [-0.05, 0) is 64.1 Å². The standard InChI is InChI=1S/C28H44N4O7S/c1-4-32-25(33)24(28(35)12-6-5-7-13-28)29-26(34)27(32)14-17-31(18-15-27)16-8-9-19-39-22-11-10-21(20-23(22)38-2)30-40(3,36)37/h10-11,20,24,30,35H,4-9,12-19H2,1-3H3,(H,29,34)/t24-/m0/s1. The van der Waals surface area contributed by atoms with E-state index in [1.165, 1.54) is 7.11 Å².